The third kappa shape index (κ3) is 3.72. The van der Waals surface area contributed by atoms with E-state index in [1.165, 1.54) is 11.1 Å². The third-order valence-electron chi connectivity index (χ3n) is 3.23. The summed E-state index contributed by atoms with van der Waals surface area (Å²) >= 11 is 0. The Morgan fingerprint density at radius 1 is 1.33 bits per heavy atom. The normalized spacial score (nSPS) is 13.5. The standard InChI is InChI=1S/C15H26N2O/c1-11-8-12(15(2,3)4)6-7-14(11)17(5)10-13(18)9-16/h6-8,13,18H,9-10,16H2,1-5H3. The molecule has 3 N–H and O–H groups in total. The molecule has 3 heteroatoms. The van der Waals surface area contributed by atoms with E-state index in [1.807, 2.05) is 7.05 Å². The van der Waals surface area contributed by atoms with Gasteiger partial charge in [-0.2, -0.15) is 0 Å². The summed E-state index contributed by atoms with van der Waals surface area (Å²) in [6.45, 7) is 9.60. The van der Waals surface area contributed by atoms with Gasteiger partial charge in [-0.15, -0.1) is 0 Å². The molecule has 0 heterocycles. The fraction of sp³-hybridized carbons (Fsp3) is 0.600. The average molecular weight is 250 g/mol. The van der Waals surface area contributed by atoms with E-state index in [-0.39, 0.29) is 5.41 Å². The molecule has 0 radical (unpaired) electrons. The van der Waals surface area contributed by atoms with E-state index in [4.69, 9.17) is 5.73 Å². The first-order valence-electron chi connectivity index (χ1n) is 6.46. The molecule has 1 aromatic rings. The van der Waals surface area contributed by atoms with Crippen LogP contribution >= 0.6 is 0 Å². The summed E-state index contributed by atoms with van der Waals surface area (Å²) in [6, 6.07) is 6.51. The Bertz CT molecular complexity index is 396. The molecule has 1 rings (SSSR count). The van der Waals surface area contributed by atoms with E-state index >= 15 is 0 Å². The van der Waals surface area contributed by atoms with E-state index in [1.54, 1.807) is 0 Å². The molecule has 0 aliphatic rings. The highest BCUT2D eigenvalue weighted by Gasteiger charge is 2.16. The molecule has 0 aromatic heterocycles. The van der Waals surface area contributed by atoms with Crippen LogP contribution in [0.25, 0.3) is 0 Å². The highest BCUT2D eigenvalue weighted by atomic mass is 16.3. The van der Waals surface area contributed by atoms with Gasteiger partial charge in [0.15, 0.2) is 0 Å². The van der Waals surface area contributed by atoms with Gasteiger partial charge in [0.1, 0.15) is 0 Å². The van der Waals surface area contributed by atoms with Crippen LogP contribution in [0, 0.1) is 6.92 Å². The van der Waals surface area contributed by atoms with E-state index in [0.717, 1.165) is 5.69 Å². The molecule has 0 spiro atoms. The second-order valence-electron chi connectivity index (χ2n) is 6.02. The molecule has 0 saturated heterocycles. The average Bonchev–Trinajstić information content (AvgIpc) is 2.27. The minimum Gasteiger partial charge on any atom is -0.390 e. The fourth-order valence-electron chi connectivity index (χ4n) is 2.04. The zero-order valence-electron chi connectivity index (χ0n) is 12.2. The van der Waals surface area contributed by atoms with Gasteiger partial charge in [-0.25, -0.2) is 0 Å². The molecular weight excluding hydrogens is 224 g/mol. The Balaban J connectivity index is 2.92. The van der Waals surface area contributed by atoms with Gasteiger partial charge in [0, 0.05) is 25.8 Å². The lowest BCUT2D eigenvalue weighted by atomic mass is 9.86. The monoisotopic (exact) mass is 250 g/mol. The zero-order chi connectivity index (χ0) is 13.9. The maximum absolute atomic E-state index is 9.60. The van der Waals surface area contributed by atoms with Crippen molar-refractivity contribution in [1.82, 2.24) is 0 Å². The Kier molecular flexibility index (Phi) is 4.77. The summed E-state index contributed by atoms with van der Waals surface area (Å²) < 4.78 is 0. The van der Waals surface area contributed by atoms with Crippen LogP contribution < -0.4 is 10.6 Å². The van der Waals surface area contributed by atoms with E-state index in [0.29, 0.717) is 13.1 Å². The predicted octanol–water partition coefficient (Wildman–Crippen LogP) is 2.05. The number of rotatable bonds is 4. The topological polar surface area (TPSA) is 49.5 Å². The first-order valence-corrected chi connectivity index (χ1v) is 6.46. The van der Waals surface area contributed by atoms with E-state index in [9.17, 15) is 5.11 Å². The van der Waals surface area contributed by atoms with Crippen LogP contribution in [0.3, 0.4) is 0 Å². The number of nitrogens with zero attached hydrogens (tertiary/aromatic N) is 1. The molecule has 0 bridgehead atoms. The first-order chi connectivity index (χ1) is 8.25. The Morgan fingerprint density at radius 2 is 1.94 bits per heavy atom. The number of anilines is 1. The summed E-state index contributed by atoms with van der Waals surface area (Å²) in [5.41, 5.74) is 9.32. The van der Waals surface area contributed by atoms with Gasteiger partial charge in [0.05, 0.1) is 6.10 Å². The van der Waals surface area contributed by atoms with Crippen molar-refractivity contribution in [3.63, 3.8) is 0 Å². The SMILES string of the molecule is Cc1cc(C(C)(C)C)ccc1N(C)CC(O)CN. The van der Waals surface area contributed by atoms with Crippen LogP contribution in [0.5, 0.6) is 0 Å². The van der Waals surface area contributed by atoms with Gasteiger partial charge in [0.2, 0.25) is 0 Å². The second kappa shape index (κ2) is 5.72. The predicted molar refractivity (Wildman–Crippen MR) is 78.2 cm³/mol. The molecule has 0 fully saturated rings. The molecule has 0 amide bonds. The molecule has 1 aromatic carbocycles. The lowest BCUT2D eigenvalue weighted by Crippen LogP contribution is -2.34. The molecule has 0 aliphatic heterocycles. The highest BCUT2D eigenvalue weighted by Crippen LogP contribution is 2.27. The first kappa shape index (κ1) is 15.0. The van der Waals surface area contributed by atoms with Crippen molar-refractivity contribution < 1.29 is 5.11 Å². The summed E-state index contributed by atoms with van der Waals surface area (Å²) in [7, 11) is 1.98. The second-order valence-corrected chi connectivity index (χ2v) is 6.02. The Morgan fingerprint density at radius 3 is 2.39 bits per heavy atom. The largest absolute Gasteiger partial charge is 0.390 e. The van der Waals surface area contributed by atoms with Gasteiger partial charge in [-0.1, -0.05) is 32.9 Å². The van der Waals surface area contributed by atoms with Crippen molar-refractivity contribution in [2.75, 3.05) is 25.0 Å². The number of aryl methyl sites for hydroxylation is 1. The van der Waals surface area contributed by atoms with Gasteiger partial charge in [-0.05, 0) is 29.5 Å². The Hall–Kier alpha value is -1.06. The smallest absolute Gasteiger partial charge is 0.0836 e. The molecule has 3 nitrogen and oxygen atoms in total. The number of aliphatic hydroxyl groups is 1. The van der Waals surface area contributed by atoms with Crippen molar-refractivity contribution in [3.05, 3.63) is 29.3 Å². The summed E-state index contributed by atoms with van der Waals surface area (Å²) in [5, 5.41) is 9.60. The van der Waals surface area contributed by atoms with Gasteiger partial charge < -0.3 is 15.7 Å². The summed E-state index contributed by atoms with van der Waals surface area (Å²) in [4.78, 5) is 2.05. The Labute approximate surface area is 111 Å². The van der Waals surface area contributed by atoms with Crippen molar-refractivity contribution in [2.24, 2.45) is 5.73 Å². The molecule has 0 aliphatic carbocycles. The van der Waals surface area contributed by atoms with Crippen molar-refractivity contribution in [2.45, 2.75) is 39.2 Å². The zero-order valence-corrected chi connectivity index (χ0v) is 12.2. The molecule has 0 saturated carbocycles. The minimum absolute atomic E-state index is 0.165. The van der Waals surface area contributed by atoms with E-state index in [2.05, 4.69) is 50.8 Å². The molecular formula is C15H26N2O. The van der Waals surface area contributed by atoms with Gasteiger partial charge >= 0.3 is 0 Å². The highest BCUT2D eigenvalue weighted by molar-refractivity contribution is 5.54. The van der Waals surface area contributed by atoms with E-state index < -0.39 is 6.10 Å². The maximum Gasteiger partial charge on any atom is 0.0836 e. The summed E-state index contributed by atoms with van der Waals surface area (Å²) in [5.74, 6) is 0. The number of aliphatic hydroxyl groups excluding tert-OH is 1. The van der Waals surface area contributed by atoms with Crippen LogP contribution in [0.2, 0.25) is 0 Å². The molecule has 1 unspecified atom stereocenters. The number of likely N-dealkylation sites (N-methyl/N-ethyl adjacent to an activating group) is 1. The quantitative estimate of drug-likeness (QED) is 0.860. The van der Waals surface area contributed by atoms with Gasteiger partial charge in [0.25, 0.3) is 0 Å². The van der Waals surface area contributed by atoms with Crippen molar-refractivity contribution in [1.29, 1.82) is 0 Å². The van der Waals surface area contributed by atoms with Crippen LogP contribution in [0.1, 0.15) is 31.9 Å². The lowest BCUT2D eigenvalue weighted by Gasteiger charge is -2.26. The number of nitrogens with two attached hydrogens (primary N) is 1. The minimum atomic E-state index is -0.475. The number of benzene rings is 1. The van der Waals surface area contributed by atoms with Crippen LogP contribution in [-0.4, -0.2) is 31.3 Å². The van der Waals surface area contributed by atoms with Crippen LogP contribution in [0.4, 0.5) is 5.69 Å². The van der Waals surface area contributed by atoms with Crippen molar-refractivity contribution >= 4 is 5.69 Å². The molecule has 1 atom stereocenters. The number of hydrogen-bond acceptors (Lipinski definition) is 3. The third-order valence-corrected chi connectivity index (χ3v) is 3.23. The summed E-state index contributed by atoms with van der Waals surface area (Å²) in [6.07, 6.45) is -0.475. The van der Waals surface area contributed by atoms with Gasteiger partial charge in [-0.3, -0.25) is 0 Å². The van der Waals surface area contributed by atoms with Crippen LogP contribution in [0.15, 0.2) is 18.2 Å². The lowest BCUT2D eigenvalue weighted by molar-refractivity contribution is 0.189. The molecule has 18 heavy (non-hydrogen) atoms. The number of hydrogen-bond donors (Lipinski definition) is 2. The fourth-order valence-corrected chi connectivity index (χ4v) is 2.04. The van der Waals surface area contributed by atoms with Crippen LogP contribution in [-0.2, 0) is 5.41 Å². The maximum atomic E-state index is 9.60. The molecule has 102 valence electrons. The van der Waals surface area contributed by atoms with Crippen molar-refractivity contribution in [3.8, 4) is 0 Å².